The fourth-order valence-electron chi connectivity index (χ4n) is 2.06. The van der Waals surface area contributed by atoms with Gasteiger partial charge in [-0.1, -0.05) is 13.8 Å². The van der Waals surface area contributed by atoms with Gasteiger partial charge in [-0.25, -0.2) is 4.98 Å². The number of hydrogen-bond acceptors (Lipinski definition) is 3. The lowest BCUT2D eigenvalue weighted by molar-refractivity contribution is 0.718. The van der Waals surface area contributed by atoms with Crippen LogP contribution in [-0.2, 0) is 0 Å². The molecule has 1 aliphatic heterocycles. The van der Waals surface area contributed by atoms with Crippen molar-refractivity contribution in [1.82, 2.24) is 4.98 Å². The molecule has 2 nitrogen and oxygen atoms in total. The Balaban J connectivity index is 2.19. The van der Waals surface area contributed by atoms with Crippen LogP contribution in [0.25, 0.3) is 0 Å². The number of nitrogens with zero attached hydrogens (tertiary/aromatic N) is 2. The SMILES string of the molecule is Cc1cc(N2CC(C)SC(C)C2)ncc1Br. The zero-order chi connectivity index (χ0) is 11.7. The third-order valence-corrected chi connectivity index (χ3v) is 4.83. The van der Waals surface area contributed by atoms with Gasteiger partial charge in [-0.15, -0.1) is 0 Å². The molecule has 1 aromatic heterocycles. The van der Waals surface area contributed by atoms with Crippen molar-refractivity contribution < 1.29 is 0 Å². The average Bonchev–Trinajstić information content (AvgIpc) is 2.20. The number of pyridine rings is 1. The van der Waals surface area contributed by atoms with E-state index >= 15 is 0 Å². The molecule has 2 atom stereocenters. The first-order valence-corrected chi connectivity index (χ1v) is 7.32. The molecule has 16 heavy (non-hydrogen) atoms. The summed E-state index contributed by atoms with van der Waals surface area (Å²) in [5, 5.41) is 1.38. The quantitative estimate of drug-likeness (QED) is 0.790. The molecule has 0 saturated carbocycles. The van der Waals surface area contributed by atoms with E-state index in [1.165, 1.54) is 5.56 Å². The maximum Gasteiger partial charge on any atom is 0.128 e. The first-order chi connectivity index (χ1) is 7.56. The highest BCUT2D eigenvalue weighted by atomic mass is 79.9. The molecule has 1 fully saturated rings. The minimum absolute atomic E-state index is 0.689. The molecule has 2 unspecified atom stereocenters. The highest BCUT2D eigenvalue weighted by molar-refractivity contribution is 9.10. The fraction of sp³-hybridized carbons (Fsp3) is 0.583. The van der Waals surface area contributed by atoms with Gasteiger partial charge in [0, 0.05) is 34.3 Å². The molecule has 4 heteroatoms. The molecule has 2 heterocycles. The van der Waals surface area contributed by atoms with Gasteiger partial charge in [-0.05, 0) is 34.5 Å². The predicted octanol–water partition coefficient (Wildman–Crippen LogP) is 3.48. The molecule has 0 amide bonds. The van der Waals surface area contributed by atoms with Crippen molar-refractivity contribution >= 4 is 33.5 Å². The second-order valence-electron chi connectivity index (χ2n) is 4.45. The van der Waals surface area contributed by atoms with E-state index < -0.39 is 0 Å². The Morgan fingerprint density at radius 1 is 1.38 bits per heavy atom. The average molecular weight is 301 g/mol. The molecule has 0 spiro atoms. The zero-order valence-corrected chi connectivity index (χ0v) is 12.3. The third kappa shape index (κ3) is 2.72. The second kappa shape index (κ2) is 4.96. The van der Waals surface area contributed by atoms with Crippen LogP contribution in [0.15, 0.2) is 16.7 Å². The molecule has 1 saturated heterocycles. The molecular weight excluding hydrogens is 284 g/mol. The fourth-order valence-corrected chi connectivity index (χ4v) is 3.60. The second-order valence-corrected chi connectivity index (χ2v) is 7.19. The Hall–Kier alpha value is -0.220. The maximum absolute atomic E-state index is 4.50. The monoisotopic (exact) mass is 300 g/mol. The molecule has 0 aliphatic carbocycles. The minimum atomic E-state index is 0.689. The summed E-state index contributed by atoms with van der Waals surface area (Å²) in [7, 11) is 0. The molecule has 0 N–H and O–H groups in total. The molecule has 1 aliphatic rings. The number of aromatic nitrogens is 1. The van der Waals surface area contributed by atoms with Crippen LogP contribution in [0.1, 0.15) is 19.4 Å². The Kier molecular flexibility index (Phi) is 3.80. The van der Waals surface area contributed by atoms with E-state index in [0.717, 1.165) is 23.4 Å². The van der Waals surface area contributed by atoms with Crippen molar-refractivity contribution in [3.8, 4) is 0 Å². The molecular formula is C12H17BrN2S. The van der Waals surface area contributed by atoms with Gasteiger partial charge < -0.3 is 4.90 Å². The van der Waals surface area contributed by atoms with Gasteiger partial charge in [-0.2, -0.15) is 11.8 Å². The largest absolute Gasteiger partial charge is 0.354 e. The summed E-state index contributed by atoms with van der Waals surface area (Å²) in [4.78, 5) is 6.90. The summed E-state index contributed by atoms with van der Waals surface area (Å²) in [6, 6.07) is 2.17. The molecule has 2 rings (SSSR count). The first-order valence-electron chi connectivity index (χ1n) is 5.59. The highest BCUT2D eigenvalue weighted by Crippen LogP contribution is 2.28. The predicted molar refractivity (Wildman–Crippen MR) is 75.4 cm³/mol. The minimum Gasteiger partial charge on any atom is -0.354 e. The maximum atomic E-state index is 4.50. The van der Waals surface area contributed by atoms with Crippen LogP contribution >= 0.6 is 27.7 Å². The van der Waals surface area contributed by atoms with Crippen molar-refractivity contribution in [3.63, 3.8) is 0 Å². The Bertz CT molecular complexity index is 373. The topological polar surface area (TPSA) is 16.1 Å². The van der Waals surface area contributed by atoms with Crippen molar-refractivity contribution in [2.75, 3.05) is 18.0 Å². The summed E-state index contributed by atoms with van der Waals surface area (Å²) in [5.74, 6) is 1.11. The summed E-state index contributed by atoms with van der Waals surface area (Å²) < 4.78 is 1.09. The Labute approximate surface area is 110 Å². The number of anilines is 1. The van der Waals surface area contributed by atoms with E-state index in [9.17, 15) is 0 Å². The van der Waals surface area contributed by atoms with E-state index in [2.05, 4.69) is 64.4 Å². The third-order valence-electron chi connectivity index (χ3n) is 2.78. The van der Waals surface area contributed by atoms with Crippen LogP contribution in [-0.4, -0.2) is 28.6 Å². The number of rotatable bonds is 1. The van der Waals surface area contributed by atoms with Crippen molar-refractivity contribution in [3.05, 3.63) is 22.3 Å². The van der Waals surface area contributed by atoms with E-state index in [0.29, 0.717) is 10.5 Å². The van der Waals surface area contributed by atoms with E-state index in [4.69, 9.17) is 0 Å². The normalized spacial score (nSPS) is 25.9. The van der Waals surface area contributed by atoms with E-state index in [1.807, 2.05) is 6.20 Å². The molecule has 0 bridgehead atoms. The Morgan fingerprint density at radius 2 is 2.00 bits per heavy atom. The lowest BCUT2D eigenvalue weighted by atomic mass is 10.2. The van der Waals surface area contributed by atoms with E-state index in [1.54, 1.807) is 0 Å². The van der Waals surface area contributed by atoms with E-state index in [-0.39, 0.29) is 0 Å². The lowest BCUT2D eigenvalue weighted by Gasteiger charge is -2.35. The van der Waals surface area contributed by atoms with Crippen molar-refractivity contribution in [2.45, 2.75) is 31.3 Å². The van der Waals surface area contributed by atoms with Gasteiger partial charge in [0.05, 0.1) is 0 Å². The van der Waals surface area contributed by atoms with Gasteiger partial charge in [0.1, 0.15) is 5.82 Å². The van der Waals surface area contributed by atoms with Crippen LogP contribution in [0.3, 0.4) is 0 Å². The van der Waals surface area contributed by atoms with Crippen LogP contribution in [0.5, 0.6) is 0 Å². The van der Waals surface area contributed by atoms with Gasteiger partial charge in [0.25, 0.3) is 0 Å². The number of halogens is 1. The zero-order valence-electron chi connectivity index (χ0n) is 9.90. The summed E-state index contributed by atoms with van der Waals surface area (Å²) in [6.07, 6.45) is 1.90. The van der Waals surface area contributed by atoms with Crippen molar-refractivity contribution in [1.29, 1.82) is 0 Å². The number of aryl methyl sites for hydroxylation is 1. The summed E-state index contributed by atoms with van der Waals surface area (Å²) in [6.45, 7) is 8.89. The molecule has 0 radical (unpaired) electrons. The standard InChI is InChI=1S/C12H17BrN2S/c1-8-4-12(14-5-11(8)13)15-6-9(2)16-10(3)7-15/h4-5,9-10H,6-7H2,1-3H3. The molecule has 88 valence electrons. The van der Waals surface area contributed by atoms with Crippen molar-refractivity contribution in [2.24, 2.45) is 0 Å². The van der Waals surface area contributed by atoms with Gasteiger partial charge in [0.15, 0.2) is 0 Å². The summed E-state index contributed by atoms with van der Waals surface area (Å²) in [5.41, 5.74) is 1.25. The van der Waals surface area contributed by atoms with Crippen LogP contribution in [0.2, 0.25) is 0 Å². The number of thioether (sulfide) groups is 1. The molecule has 0 aromatic carbocycles. The number of hydrogen-bond donors (Lipinski definition) is 0. The molecule has 1 aromatic rings. The smallest absolute Gasteiger partial charge is 0.128 e. The first kappa shape index (κ1) is 12.2. The van der Waals surface area contributed by atoms with Gasteiger partial charge in [0.2, 0.25) is 0 Å². The van der Waals surface area contributed by atoms with Crippen LogP contribution < -0.4 is 4.90 Å². The van der Waals surface area contributed by atoms with Crippen LogP contribution in [0.4, 0.5) is 5.82 Å². The Morgan fingerprint density at radius 3 is 2.56 bits per heavy atom. The van der Waals surface area contributed by atoms with Gasteiger partial charge in [-0.3, -0.25) is 0 Å². The van der Waals surface area contributed by atoms with Crippen LogP contribution in [0, 0.1) is 6.92 Å². The highest BCUT2D eigenvalue weighted by Gasteiger charge is 2.23. The summed E-state index contributed by atoms with van der Waals surface area (Å²) >= 11 is 5.56. The lowest BCUT2D eigenvalue weighted by Crippen LogP contribution is -2.40. The van der Waals surface area contributed by atoms with Gasteiger partial charge >= 0.3 is 0 Å².